The Hall–Kier alpha value is -2.87. The van der Waals surface area contributed by atoms with E-state index in [1.54, 1.807) is 24.7 Å². The lowest BCUT2D eigenvalue weighted by Gasteiger charge is -2.15. The maximum absolute atomic E-state index is 13.2. The summed E-state index contributed by atoms with van der Waals surface area (Å²) in [7, 11) is -1.30. The molecule has 9 nitrogen and oxygen atoms in total. The summed E-state index contributed by atoms with van der Waals surface area (Å²) < 4.78 is 40.2. The van der Waals surface area contributed by atoms with E-state index in [9.17, 15) is 13.6 Å². The Balaban J connectivity index is 1.70. The van der Waals surface area contributed by atoms with Crippen molar-refractivity contribution in [1.29, 1.82) is 0 Å². The van der Waals surface area contributed by atoms with Gasteiger partial charge in [0.05, 0.1) is 23.1 Å². The third-order valence-electron chi connectivity index (χ3n) is 5.25. The Kier molecular flexibility index (Phi) is 8.26. The van der Waals surface area contributed by atoms with E-state index in [-0.39, 0.29) is 40.0 Å². The van der Waals surface area contributed by atoms with Crippen molar-refractivity contribution >= 4 is 52.8 Å². The van der Waals surface area contributed by atoms with E-state index >= 15 is 0 Å². The molecule has 0 unspecified atom stereocenters. The summed E-state index contributed by atoms with van der Waals surface area (Å²) in [5, 5.41) is 11.7. The van der Waals surface area contributed by atoms with E-state index in [2.05, 4.69) is 56.1 Å². The summed E-state index contributed by atoms with van der Waals surface area (Å²) in [5.41, 5.74) is 1.17. The van der Waals surface area contributed by atoms with Crippen molar-refractivity contribution in [2.45, 2.75) is 39.0 Å². The van der Waals surface area contributed by atoms with E-state index in [1.807, 2.05) is 0 Å². The van der Waals surface area contributed by atoms with Crippen LogP contribution in [0.2, 0.25) is 30.7 Å². The van der Waals surface area contributed by atoms with E-state index in [0.29, 0.717) is 16.7 Å². The highest BCUT2D eigenvalue weighted by Crippen LogP contribution is 2.40. The molecule has 37 heavy (non-hydrogen) atoms. The molecule has 0 radical (unpaired) electrons. The summed E-state index contributed by atoms with van der Waals surface area (Å²) in [6.45, 7) is 4.29. The lowest BCUT2D eigenvalue weighted by atomic mass is 10.1. The largest absolute Gasteiger partial charge is 0.434 e. The molecule has 14 heteroatoms. The molecule has 4 rings (SSSR count). The number of alkyl halides is 2. The highest BCUT2D eigenvalue weighted by Gasteiger charge is 2.23. The summed E-state index contributed by atoms with van der Waals surface area (Å²) in [6, 6.07) is 5.41. The van der Waals surface area contributed by atoms with Gasteiger partial charge in [-0.25, -0.2) is 14.2 Å². The van der Waals surface area contributed by atoms with Crippen molar-refractivity contribution < 1.29 is 23.0 Å². The van der Waals surface area contributed by atoms with Gasteiger partial charge in [-0.05, 0) is 40.2 Å². The average Bonchev–Trinajstić information content (AvgIpc) is 3.42. The van der Waals surface area contributed by atoms with Crippen LogP contribution in [0.4, 0.5) is 14.5 Å². The first kappa shape index (κ1) is 27.2. The van der Waals surface area contributed by atoms with Crippen LogP contribution in [0.25, 0.3) is 16.9 Å². The zero-order valence-corrected chi connectivity index (χ0v) is 23.6. The van der Waals surface area contributed by atoms with Crippen LogP contribution < -0.4 is 10.1 Å². The van der Waals surface area contributed by atoms with Gasteiger partial charge in [-0.1, -0.05) is 31.2 Å². The number of benzene rings is 1. The topological polar surface area (TPSA) is 95.6 Å². The van der Waals surface area contributed by atoms with Gasteiger partial charge < -0.3 is 14.8 Å². The molecule has 196 valence electrons. The Morgan fingerprint density at radius 2 is 2.08 bits per heavy atom. The molecule has 3 heterocycles. The van der Waals surface area contributed by atoms with Crippen LogP contribution in [0, 0.1) is 0 Å². The van der Waals surface area contributed by atoms with Gasteiger partial charge in [-0.3, -0.25) is 4.79 Å². The predicted molar refractivity (Wildman–Crippen MR) is 142 cm³/mol. The third-order valence-corrected chi connectivity index (χ3v) is 8.15. The number of carbonyl (C=O) groups excluding carboxylic acids is 1. The lowest BCUT2D eigenvalue weighted by Crippen LogP contribution is -2.22. The first-order valence-corrected chi connectivity index (χ1v) is 16.1. The van der Waals surface area contributed by atoms with Gasteiger partial charge in [0.2, 0.25) is 0 Å². The molecule has 0 atom stereocenters. The Morgan fingerprint density at radius 1 is 1.30 bits per heavy atom. The summed E-state index contributed by atoms with van der Waals surface area (Å²) in [4.78, 5) is 17.4. The first-order chi connectivity index (χ1) is 17.5. The van der Waals surface area contributed by atoms with Gasteiger partial charge in [0.1, 0.15) is 23.7 Å². The van der Waals surface area contributed by atoms with Crippen molar-refractivity contribution in [2.24, 2.45) is 0 Å². The van der Waals surface area contributed by atoms with Crippen LogP contribution in [-0.2, 0) is 11.5 Å². The van der Waals surface area contributed by atoms with E-state index < -0.39 is 20.6 Å². The SMILES string of the molecule is C[Si](C)(C)CCOCn1cc(NC(=O)c2cnn3cccnc23)c(-c2cc(Cl)c(Br)cc2OC(F)F)n1. The highest BCUT2D eigenvalue weighted by atomic mass is 79.9. The molecular weight excluding hydrogens is 590 g/mol. The second-order valence-corrected chi connectivity index (χ2v) is 16.2. The van der Waals surface area contributed by atoms with Crippen molar-refractivity contribution in [3.05, 3.63) is 58.0 Å². The number of nitrogens with one attached hydrogen (secondary N) is 1. The number of aromatic nitrogens is 5. The molecule has 3 aromatic heterocycles. The standard InChI is InChI=1S/C23H24BrClF2N6O3Si/c1-37(2,3)8-7-35-13-32-12-18(30-22(34)15-11-29-33-6-4-5-28-21(15)33)20(31-32)14-9-17(25)16(24)10-19(14)36-23(26)27/h4-6,9-12,23H,7-8,13H2,1-3H3,(H,30,34). The summed E-state index contributed by atoms with van der Waals surface area (Å²) in [5.74, 6) is -0.669. The Morgan fingerprint density at radius 3 is 2.81 bits per heavy atom. The molecule has 0 aliphatic carbocycles. The van der Waals surface area contributed by atoms with Crippen LogP contribution >= 0.6 is 27.5 Å². The predicted octanol–water partition coefficient (Wildman–Crippen LogP) is 6.17. The number of rotatable bonds is 10. The number of hydrogen-bond acceptors (Lipinski definition) is 6. The van der Waals surface area contributed by atoms with Crippen LogP contribution in [-0.4, -0.2) is 51.6 Å². The van der Waals surface area contributed by atoms with Crippen molar-refractivity contribution in [3.63, 3.8) is 0 Å². The third kappa shape index (κ3) is 6.72. The number of hydrogen-bond donors (Lipinski definition) is 1. The zero-order chi connectivity index (χ0) is 26.7. The van der Waals surface area contributed by atoms with Gasteiger partial charge in [-0.15, -0.1) is 0 Å². The van der Waals surface area contributed by atoms with Crippen molar-refractivity contribution in [2.75, 3.05) is 11.9 Å². The second-order valence-electron chi connectivity index (χ2n) is 9.32. The Labute approximate surface area is 225 Å². The zero-order valence-electron chi connectivity index (χ0n) is 20.2. The minimum absolute atomic E-state index is 0.0981. The van der Waals surface area contributed by atoms with Gasteiger partial charge >= 0.3 is 6.61 Å². The van der Waals surface area contributed by atoms with E-state index in [0.717, 1.165) is 6.04 Å². The molecule has 0 saturated heterocycles. The number of halogens is 4. The van der Waals surface area contributed by atoms with E-state index in [4.69, 9.17) is 21.1 Å². The minimum Gasteiger partial charge on any atom is -0.434 e. The normalized spacial score (nSPS) is 11.9. The molecule has 0 spiro atoms. The van der Waals surface area contributed by atoms with Gasteiger partial charge in [0.15, 0.2) is 5.65 Å². The quantitative estimate of drug-likeness (QED) is 0.170. The maximum Gasteiger partial charge on any atom is 0.387 e. The van der Waals surface area contributed by atoms with Crippen molar-refractivity contribution in [3.8, 4) is 17.0 Å². The van der Waals surface area contributed by atoms with E-state index in [1.165, 1.54) is 27.5 Å². The molecule has 0 aliphatic rings. The fourth-order valence-corrected chi connectivity index (χ4v) is 4.64. The molecule has 0 fully saturated rings. The highest BCUT2D eigenvalue weighted by molar-refractivity contribution is 9.10. The van der Waals surface area contributed by atoms with Gasteiger partial charge in [0.25, 0.3) is 5.91 Å². The van der Waals surface area contributed by atoms with Gasteiger partial charge in [-0.2, -0.15) is 19.0 Å². The number of nitrogens with zero attached hydrogens (tertiary/aromatic N) is 5. The molecule has 1 N–H and O–H groups in total. The number of anilines is 1. The number of amides is 1. The lowest BCUT2D eigenvalue weighted by molar-refractivity contribution is -0.0495. The van der Waals surface area contributed by atoms with Gasteiger partial charge in [0, 0.05) is 37.1 Å². The molecule has 1 aromatic carbocycles. The minimum atomic E-state index is -3.08. The summed E-state index contributed by atoms with van der Waals surface area (Å²) in [6.07, 6.45) is 6.16. The van der Waals surface area contributed by atoms with Crippen LogP contribution in [0.3, 0.4) is 0 Å². The van der Waals surface area contributed by atoms with Crippen LogP contribution in [0.1, 0.15) is 10.4 Å². The molecule has 0 bridgehead atoms. The number of carbonyl (C=O) groups is 1. The van der Waals surface area contributed by atoms with Crippen molar-refractivity contribution in [1.82, 2.24) is 24.4 Å². The molecule has 4 aromatic rings. The fraction of sp³-hybridized carbons (Fsp3) is 0.304. The van der Waals surface area contributed by atoms with Crippen LogP contribution in [0.15, 0.2) is 47.5 Å². The average molecular weight is 614 g/mol. The molecular formula is C23H24BrClF2N6O3Si. The summed E-state index contributed by atoms with van der Waals surface area (Å²) >= 11 is 9.51. The maximum atomic E-state index is 13.2. The first-order valence-electron chi connectivity index (χ1n) is 11.2. The fourth-order valence-electron chi connectivity index (χ4n) is 3.40. The number of ether oxygens (including phenoxy) is 2. The number of fused-ring (bicyclic) bond motifs is 1. The smallest absolute Gasteiger partial charge is 0.387 e. The monoisotopic (exact) mass is 612 g/mol. The second kappa shape index (κ2) is 11.3. The molecule has 0 aliphatic heterocycles. The molecule has 0 saturated carbocycles. The Bertz CT molecular complexity index is 1430. The van der Waals surface area contributed by atoms with Crippen LogP contribution in [0.5, 0.6) is 5.75 Å². The molecule has 1 amide bonds.